The third-order valence-corrected chi connectivity index (χ3v) is 4.13. The zero-order valence-electron chi connectivity index (χ0n) is 14.4. The molecule has 1 fully saturated rings. The zero-order chi connectivity index (χ0) is 19.6. The third kappa shape index (κ3) is 4.27. The van der Waals surface area contributed by atoms with Crippen molar-refractivity contribution in [3.05, 3.63) is 51.9 Å². The molecule has 144 valence electrons. The van der Waals surface area contributed by atoms with Gasteiger partial charge in [0.15, 0.2) is 0 Å². The number of hydrogen-bond donors (Lipinski definition) is 1. The van der Waals surface area contributed by atoms with Gasteiger partial charge < -0.3 is 15.0 Å². The Bertz CT molecular complexity index is 905. The highest BCUT2D eigenvalue weighted by Crippen LogP contribution is 2.37. The number of aryl methyl sites for hydroxylation is 1. The average Bonchev–Trinajstić information content (AvgIpc) is 2.64. The molecule has 1 aromatic heterocycles. The van der Waals surface area contributed by atoms with Crippen LogP contribution in [0.25, 0.3) is 0 Å². The molecule has 10 heteroatoms. The molecule has 0 aliphatic carbocycles. The number of nitrogens with one attached hydrogen (secondary N) is 1. The number of benzene rings is 1. The fraction of sp³-hybridized carbons (Fsp3) is 0.353. The normalized spacial score (nSPS) is 14.9. The highest BCUT2D eigenvalue weighted by Gasteiger charge is 2.35. The van der Waals surface area contributed by atoms with Crippen molar-refractivity contribution >= 4 is 17.3 Å². The first-order valence-corrected chi connectivity index (χ1v) is 8.15. The van der Waals surface area contributed by atoms with Gasteiger partial charge in [-0.25, -0.2) is 4.68 Å². The number of carbonyl (C=O) groups excluding carboxylic acids is 1. The van der Waals surface area contributed by atoms with Crippen LogP contribution in [0.5, 0.6) is 0 Å². The average molecular weight is 382 g/mol. The van der Waals surface area contributed by atoms with Crippen LogP contribution < -0.4 is 15.8 Å². The molecule has 1 aliphatic heterocycles. The number of aromatic nitrogens is 2. The lowest BCUT2D eigenvalue weighted by atomic mass is 10.1. The quantitative estimate of drug-likeness (QED) is 0.877. The van der Waals surface area contributed by atoms with Crippen LogP contribution >= 0.6 is 0 Å². The lowest BCUT2D eigenvalue weighted by Gasteiger charge is -2.29. The maximum absolute atomic E-state index is 13.5. The van der Waals surface area contributed by atoms with Gasteiger partial charge in [0.05, 0.1) is 24.5 Å². The summed E-state index contributed by atoms with van der Waals surface area (Å²) in [6, 6.07) is 6.02. The maximum atomic E-state index is 13.5. The van der Waals surface area contributed by atoms with Crippen molar-refractivity contribution in [3.63, 3.8) is 0 Å². The van der Waals surface area contributed by atoms with Crippen LogP contribution in [0, 0.1) is 0 Å². The van der Waals surface area contributed by atoms with Crippen molar-refractivity contribution in [1.82, 2.24) is 9.78 Å². The minimum Gasteiger partial charge on any atom is -0.378 e. The summed E-state index contributed by atoms with van der Waals surface area (Å²) in [7, 11) is 1.34. The Labute approximate surface area is 152 Å². The van der Waals surface area contributed by atoms with Gasteiger partial charge >= 0.3 is 6.18 Å². The van der Waals surface area contributed by atoms with Gasteiger partial charge in [-0.3, -0.25) is 9.59 Å². The highest BCUT2D eigenvalue weighted by atomic mass is 19.4. The van der Waals surface area contributed by atoms with Gasteiger partial charge in [-0.15, -0.1) is 0 Å². The van der Waals surface area contributed by atoms with Crippen LogP contribution in [0.1, 0.15) is 16.1 Å². The number of ether oxygens (including phenoxy) is 1. The van der Waals surface area contributed by atoms with Crippen molar-refractivity contribution in [1.29, 1.82) is 0 Å². The maximum Gasteiger partial charge on any atom is 0.418 e. The van der Waals surface area contributed by atoms with Crippen LogP contribution in [-0.4, -0.2) is 42.0 Å². The number of nitrogens with zero attached hydrogens (tertiary/aromatic N) is 3. The SMILES string of the molecule is Cn1nc(C(=O)Nc2ccc(N3CCOCC3)cc2C(F)(F)F)ccc1=O. The van der Waals surface area contributed by atoms with Gasteiger partial charge in [-0.2, -0.15) is 18.3 Å². The van der Waals surface area contributed by atoms with Crippen molar-refractivity contribution in [2.75, 3.05) is 36.5 Å². The Kier molecular flexibility index (Phi) is 5.17. The number of anilines is 2. The van der Waals surface area contributed by atoms with E-state index < -0.39 is 23.2 Å². The number of alkyl halides is 3. The molecule has 3 rings (SSSR count). The van der Waals surface area contributed by atoms with Gasteiger partial charge in [0, 0.05) is 31.9 Å². The van der Waals surface area contributed by atoms with Crippen molar-refractivity contribution < 1.29 is 22.7 Å². The predicted octanol–water partition coefficient (Wildman–Crippen LogP) is 1.89. The van der Waals surface area contributed by atoms with E-state index in [2.05, 4.69) is 10.4 Å². The van der Waals surface area contributed by atoms with Crippen LogP contribution in [-0.2, 0) is 18.0 Å². The molecule has 1 amide bonds. The number of rotatable bonds is 3. The fourth-order valence-electron chi connectivity index (χ4n) is 2.70. The molecule has 0 atom stereocenters. The Morgan fingerprint density at radius 3 is 2.52 bits per heavy atom. The zero-order valence-corrected chi connectivity index (χ0v) is 14.4. The fourth-order valence-corrected chi connectivity index (χ4v) is 2.70. The second-order valence-electron chi connectivity index (χ2n) is 5.96. The number of morpholine rings is 1. The van der Waals surface area contributed by atoms with Crippen LogP contribution in [0.4, 0.5) is 24.5 Å². The molecule has 0 saturated carbocycles. The van der Waals surface area contributed by atoms with Gasteiger partial charge in [0.25, 0.3) is 11.5 Å². The summed E-state index contributed by atoms with van der Waals surface area (Å²) in [4.78, 5) is 25.4. The van der Waals surface area contributed by atoms with E-state index in [1.807, 2.05) is 0 Å². The van der Waals surface area contributed by atoms with Crippen molar-refractivity contribution in [2.45, 2.75) is 6.18 Å². The second kappa shape index (κ2) is 7.39. The van der Waals surface area contributed by atoms with E-state index >= 15 is 0 Å². The molecule has 0 radical (unpaired) electrons. The Morgan fingerprint density at radius 1 is 1.19 bits per heavy atom. The second-order valence-corrected chi connectivity index (χ2v) is 5.96. The molecule has 0 spiro atoms. The number of hydrogen-bond acceptors (Lipinski definition) is 5. The molecular formula is C17H17F3N4O3. The summed E-state index contributed by atoms with van der Waals surface area (Å²) in [5.74, 6) is -0.838. The highest BCUT2D eigenvalue weighted by molar-refractivity contribution is 6.03. The summed E-state index contributed by atoms with van der Waals surface area (Å²) in [6.07, 6.45) is -4.65. The summed E-state index contributed by atoms with van der Waals surface area (Å²) in [5.41, 5.74) is -1.52. The molecule has 1 saturated heterocycles. The molecule has 27 heavy (non-hydrogen) atoms. The van der Waals surface area contributed by atoms with E-state index in [0.717, 1.165) is 22.9 Å². The molecule has 1 aliphatic rings. The predicted molar refractivity (Wildman–Crippen MR) is 91.9 cm³/mol. The molecule has 0 unspecified atom stereocenters. The molecule has 1 N–H and O–H groups in total. The summed E-state index contributed by atoms with van der Waals surface area (Å²) >= 11 is 0. The van der Waals surface area contributed by atoms with E-state index in [1.54, 1.807) is 4.90 Å². The van der Waals surface area contributed by atoms with Crippen LogP contribution in [0.2, 0.25) is 0 Å². The minimum absolute atomic E-state index is 0.164. The van der Waals surface area contributed by atoms with Gasteiger partial charge in [0.1, 0.15) is 5.69 Å². The summed E-state index contributed by atoms with van der Waals surface area (Å²) < 4.78 is 46.7. The largest absolute Gasteiger partial charge is 0.418 e. The smallest absolute Gasteiger partial charge is 0.378 e. The lowest BCUT2D eigenvalue weighted by molar-refractivity contribution is -0.136. The first-order chi connectivity index (χ1) is 12.8. The molecule has 2 aromatic rings. The number of amides is 1. The molecular weight excluding hydrogens is 365 g/mol. The summed E-state index contributed by atoms with van der Waals surface area (Å²) in [5, 5.41) is 5.97. The lowest BCUT2D eigenvalue weighted by Crippen LogP contribution is -2.36. The summed E-state index contributed by atoms with van der Waals surface area (Å²) in [6.45, 7) is 1.87. The van der Waals surface area contributed by atoms with E-state index in [9.17, 15) is 22.8 Å². The standard InChI is InChI=1S/C17H17F3N4O3/c1-23-15(25)5-4-14(22-23)16(26)21-13-3-2-11(10-12(13)17(18,19)20)24-6-8-27-9-7-24/h2-5,10H,6-9H2,1H3,(H,21,26). The van der Waals surface area contributed by atoms with Crippen LogP contribution in [0.15, 0.2) is 35.1 Å². The van der Waals surface area contributed by atoms with Gasteiger partial charge in [-0.05, 0) is 24.3 Å². The van der Waals surface area contributed by atoms with Gasteiger partial charge in [0.2, 0.25) is 0 Å². The Balaban J connectivity index is 1.90. The van der Waals surface area contributed by atoms with E-state index in [4.69, 9.17) is 4.74 Å². The first kappa shape index (κ1) is 18.9. The molecule has 2 heterocycles. The minimum atomic E-state index is -4.65. The van der Waals surface area contributed by atoms with Crippen molar-refractivity contribution in [2.24, 2.45) is 7.05 Å². The number of carbonyl (C=O) groups is 1. The Morgan fingerprint density at radius 2 is 1.89 bits per heavy atom. The Hall–Kier alpha value is -2.88. The van der Waals surface area contributed by atoms with E-state index in [1.165, 1.54) is 19.2 Å². The monoisotopic (exact) mass is 382 g/mol. The van der Waals surface area contributed by atoms with Gasteiger partial charge in [-0.1, -0.05) is 0 Å². The topological polar surface area (TPSA) is 76.5 Å². The molecule has 7 nitrogen and oxygen atoms in total. The third-order valence-electron chi connectivity index (χ3n) is 4.13. The van der Waals surface area contributed by atoms with Crippen LogP contribution in [0.3, 0.4) is 0 Å². The molecule has 0 bridgehead atoms. The van der Waals surface area contributed by atoms with E-state index in [0.29, 0.717) is 32.0 Å². The van der Waals surface area contributed by atoms with Crippen molar-refractivity contribution in [3.8, 4) is 0 Å². The van der Waals surface area contributed by atoms with E-state index in [-0.39, 0.29) is 11.4 Å². The first-order valence-electron chi connectivity index (χ1n) is 8.15. The number of halogens is 3. The molecule has 1 aromatic carbocycles.